The van der Waals surface area contributed by atoms with Crippen LogP contribution in [0.25, 0.3) is 22.0 Å². The van der Waals surface area contributed by atoms with Crippen LogP contribution in [0, 0.1) is 0 Å². The largest absolute Gasteiger partial charge is 0.399 e. The van der Waals surface area contributed by atoms with Gasteiger partial charge in [-0.25, -0.2) is 9.97 Å². The maximum Gasteiger partial charge on any atom is 0.220 e. The molecule has 3 rings (SSSR count). The number of hydrogen-bond donors (Lipinski definition) is 2. The second-order valence-corrected chi connectivity index (χ2v) is 4.13. The average Bonchev–Trinajstić information content (AvgIpc) is 2.38. The summed E-state index contributed by atoms with van der Waals surface area (Å²) in [7, 11) is 0. The van der Waals surface area contributed by atoms with Crippen LogP contribution >= 0.6 is 0 Å². The molecule has 0 unspecified atom stereocenters. The van der Waals surface area contributed by atoms with Crippen LogP contribution in [0.4, 0.5) is 11.6 Å². The first-order valence-corrected chi connectivity index (χ1v) is 5.60. The van der Waals surface area contributed by atoms with Gasteiger partial charge in [0.05, 0.1) is 5.52 Å². The van der Waals surface area contributed by atoms with Crippen molar-refractivity contribution in [1.82, 2.24) is 9.97 Å². The number of nitrogen functional groups attached to an aromatic ring is 2. The Labute approximate surface area is 104 Å². The van der Waals surface area contributed by atoms with E-state index in [9.17, 15) is 0 Å². The van der Waals surface area contributed by atoms with Gasteiger partial charge in [-0.2, -0.15) is 0 Å². The molecule has 4 nitrogen and oxygen atoms in total. The second-order valence-electron chi connectivity index (χ2n) is 4.13. The van der Waals surface area contributed by atoms with Gasteiger partial charge in [0.2, 0.25) is 5.95 Å². The number of nitrogens with zero attached hydrogens (tertiary/aromatic N) is 2. The van der Waals surface area contributed by atoms with Crippen molar-refractivity contribution in [2.45, 2.75) is 0 Å². The second kappa shape index (κ2) is 4.00. The minimum absolute atomic E-state index is 0.291. The Bertz CT molecular complexity index is 722. The van der Waals surface area contributed by atoms with Gasteiger partial charge in [0.25, 0.3) is 0 Å². The predicted molar refractivity (Wildman–Crippen MR) is 73.8 cm³/mol. The molecule has 0 saturated heterocycles. The molecule has 0 radical (unpaired) electrons. The van der Waals surface area contributed by atoms with Gasteiger partial charge in [-0.15, -0.1) is 0 Å². The molecule has 88 valence electrons. The number of fused-ring (bicyclic) bond motifs is 1. The van der Waals surface area contributed by atoms with Gasteiger partial charge in [-0.05, 0) is 35.4 Å². The van der Waals surface area contributed by atoms with Gasteiger partial charge in [0, 0.05) is 17.3 Å². The third-order valence-electron chi connectivity index (χ3n) is 2.82. The van der Waals surface area contributed by atoms with Crippen molar-refractivity contribution in [2.24, 2.45) is 0 Å². The Morgan fingerprint density at radius 1 is 0.889 bits per heavy atom. The monoisotopic (exact) mass is 236 g/mol. The first kappa shape index (κ1) is 10.5. The standard InChI is InChI=1S/C14H12N4/c15-12-3-1-2-9(7-12)10-4-5-13-11(6-10)8-17-14(16)18-13/h1-8H,15H2,(H2,16,17,18). The van der Waals surface area contributed by atoms with E-state index >= 15 is 0 Å². The normalized spacial score (nSPS) is 10.7. The van der Waals surface area contributed by atoms with E-state index in [2.05, 4.69) is 9.97 Å². The fourth-order valence-corrected chi connectivity index (χ4v) is 1.95. The summed E-state index contributed by atoms with van der Waals surface area (Å²) in [6, 6.07) is 13.7. The third-order valence-corrected chi connectivity index (χ3v) is 2.82. The van der Waals surface area contributed by atoms with E-state index in [4.69, 9.17) is 11.5 Å². The zero-order valence-electron chi connectivity index (χ0n) is 9.67. The van der Waals surface area contributed by atoms with E-state index in [-0.39, 0.29) is 0 Å². The minimum atomic E-state index is 0.291. The Morgan fingerprint density at radius 2 is 1.72 bits per heavy atom. The average molecular weight is 236 g/mol. The summed E-state index contributed by atoms with van der Waals surface area (Å²) in [5.74, 6) is 0.291. The molecule has 0 saturated carbocycles. The zero-order valence-corrected chi connectivity index (χ0v) is 9.67. The van der Waals surface area contributed by atoms with Crippen molar-refractivity contribution in [2.75, 3.05) is 11.5 Å². The summed E-state index contributed by atoms with van der Waals surface area (Å²) >= 11 is 0. The first-order chi connectivity index (χ1) is 8.72. The molecule has 0 aliphatic heterocycles. The van der Waals surface area contributed by atoms with Gasteiger partial charge in [0.15, 0.2) is 0 Å². The number of hydrogen-bond acceptors (Lipinski definition) is 4. The Hall–Kier alpha value is -2.62. The number of rotatable bonds is 1. The lowest BCUT2D eigenvalue weighted by Crippen LogP contribution is -1.94. The van der Waals surface area contributed by atoms with Crippen molar-refractivity contribution >= 4 is 22.5 Å². The zero-order chi connectivity index (χ0) is 12.5. The first-order valence-electron chi connectivity index (χ1n) is 5.60. The third kappa shape index (κ3) is 1.84. The summed E-state index contributed by atoms with van der Waals surface area (Å²) in [4.78, 5) is 8.17. The Morgan fingerprint density at radius 3 is 2.56 bits per heavy atom. The summed E-state index contributed by atoms with van der Waals surface area (Å²) in [5, 5.41) is 0.962. The number of anilines is 2. The van der Waals surface area contributed by atoms with Gasteiger partial charge in [-0.1, -0.05) is 18.2 Å². The lowest BCUT2D eigenvalue weighted by atomic mass is 10.0. The maximum atomic E-state index is 5.79. The van der Waals surface area contributed by atoms with Crippen LogP contribution in [0.1, 0.15) is 0 Å². The van der Waals surface area contributed by atoms with Crippen molar-refractivity contribution < 1.29 is 0 Å². The molecule has 4 N–H and O–H groups in total. The van der Waals surface area contributed by atoms with Crippen LogP contribution in [0.3, 0.4) is 0 Å². The van der Waals surface area contributed by atoms with E-state index in [1.807, 2.05) is 42.5 Å². The predicted octanol–water partition coefficient (Wildman–Crippen LogP) is 2.46. The SMILES string of the molecule is Nc1cccc(-c2ccc3nc(N)ncc3c2)c1. The molecule has 0 fully saturated rings. The van der Waals surface area contributed by atoms with Crippen LogP contribution in [0.5, 0.6) is 0 Å². The van der Waals surface area contributed by atoms with E-state index in [0.29, 0.717) is 5.95 Å². The number of benzene rings is 2. The fraction of sp³-hybridized carbons (Fsp3) is 0. The molecule has 0 atom stereocenters. The molecule has 18 heavy (non-hydrogen) atoms. The van der Waals surface area contributed by atoms with Gasteiger partial charge in [-0.3, -0.25) is 0 Å². The molecule has 0 aliphatic rings. The summed E-state index contributed by atoms with van der Waals surface area (Å²) in [6.07, 6.45) is 1.73. The van der Waals surface area contributed by atoms with Crippen LogP contribution in [-0.4, -0.2) is 9.97 Å². The highest BCUT2D eigenvalue weighted by Crippen LogP contribution is 2.24. The maximum absolute atomic E-state index is 5.79. The van der Waals surface area contributed by atoms with E-state index < -0.39 is 0 Å². The lowest BCUT2D eigenvalue weighted by Gasteiger charge is -2.04. The van der Waals surface area contributed by atoms with Gasteiger partial charge >= 0.3 is 0 Å². The highest BCUT2D eigenvalue weighted by Gasteiger charge is 2.02. The minimum Gasteiger partial charge on any atom is -0.399 e. The van der Waals surface area contributed by atoms with Crippen LogP contribution in [0.15, 0.2) is 48.7 Å². The van der Waals surface area contributed by atoms with Crippen molar-refractivity contribution in [3.63, 3.8) is 0 Å². The highest BCUT2D eigenvalue weighted by molar-refractivity contribution is 5.84. The Balaban J connectivity index is 2.16. The van der Waals surface area contributed by atoms with Crippen molar-refractivity contribution in [1.29, 1.82) is 0 Å². The molecule has 0 amide bonds. The van der Waals surface area contributed by atoms with Crippen molar-refractivity contribution in [3.8, 4) is 11.1 Å². The molecular formula is C14H12N4. The van der Waals surface area contributed by atoms with Gasteiger partial charge < -0.3 is 11.5 Å². The molecule has 2 aromatic carbocycles. The molecule has 0 aliphatic carbocycles. The molecule has 4 heteroatoms. The Kier molecular flexibility index (Phi) is 2.34. The van der Waals surface area contributed by atoms with E-state index in [1.54, 1.807) is 6.20 Å². The highest BCUT2D eigenvalue weighted by atomic mass is 15.0. The van der Waals surface area contributed by atoms with E-state index in [0.717, 1.165) is 27.7 Å². The molecule has 1 aromatic heterocycles. The van der Waals surface area contributed by atoms with E-state index in [1.165, 1.54) is 0 Å². The summed E-state index contributed by atoms with van der Waals surface area (Å²) < 4.78 is 0. The van der Waals surface area contributed by atoms with Crippen LogP contribution < -0.4 is 11.5 Å². The molecule has 0 bridgehead atoms. The number of nitrogens with two attached hydrogens (primary N) is 2. The molecule has 0 spiro atoms. The lowest BCUT2D eigenvalue weighted by molar-refractivity contribution is 1.24. The molecule has 3 aromatic rings. The van der Waals surface area contributed by atoms with Gasteiger partial charge in [0.1, 0.15) is 0 Å². The quantitative estimate of drug-likeness (QED) is 0.636. The van der Waals surface area contributed by atoms with Crippen molar-refractivity contribution in [3.05, 3.63) is 48.7 Å². The topological polar surface area (TPSA) is 77.8 Å². The number of aromatic nitrogens is 2. The summed E-state index contributed by atoms with van der Waals surface area (Å²) in [5.41, 5.74) is 15.1. The van der Waals surface area contributed by atoms with Crippen LogP contribution in [0.2, 0.25) is 0 Å². The molecular weight excluding hydrogens is 224 g/mol. The fourth-order valence-electron chi connectivity index (χ4n) is 1.95. The smallest absolute Gasteiger partial charge is 0.220 e. The van der Waals surface area contributed by atoms with Crippen LogP contribution in [-0.2, 0) is 0 Å². The summed E-state index contributed by atoms with van der Waals surface area (Å²) in [6.45, 7) is 0. The molecule has 1 heterocycles.